The summed E-state index contributed by atoms with van der Waals surface area (Å²) in [4.78, 5) is 24.5. The van der Waals surface area contributed by atoms with Crippen molar-refractivity contribution in [1.29, 1.82) is 0 Å². The number of aryl methyl sites for hydroxylation is 2. The van der Waals surface area contributed by atoms with Crippen LogP contribution in [0.5, 0.6) is 0 Å². The van der Waals surface area contributed by atoms with Gasteiger partial charge in [-0.1, -0.05) is 31.1 Å². The molecule has 1 fully saturated rings. The summed E-state index contributed by atoms with van der Waals surface area (Å²) in [6.07, 6.45) is 3.48. The minimum absolute atomic E-state index is 0.0619. The van der Waals surface area contributed by atoms with Crippen molar-refractivity contribution in [2.24, 2.45) is 0 Å². The number of hydrogen-bond donors (Lipinski definition) is 0. The van der Waals surface area contributed by atoms with Gasteiger partial charge in [-0.15, -0.1) is 0 Å². The van der Waals surface area contributed by atoms with E-state index in [0.717, 1.165) is 25.0 Å². The number of carbonyl (C=O) groups is 1. The maximum atomic E-state index is 13.6. The zero-order valence-corrected chi connectivity index (χ0v) is 16.7. The second kappa shape index (κ2) is 7.33. The Bertz CT molecular complexity index is 1010. The number of nitrogens with zero attached hydrogens (tertiary/aromatic N) is 5. The number of aromatic nitrogens is 4. The van der Waals surface area contributed by atoms with Gasteiger partial charge in [-0.3, -0.25) is 4.79 Å². The molecule has 4 heterocycles. The first kappa shape index (κ1) is 18.6. The Morgan fingerprint density at radius 2 is 2.07 bits per heavy atom. The zero-order valence-electron chi connectivity index (χ0n) is 16.7. The van der Waals surface area contributed by atoms with Crippen molar-refractivity contribution >= 4 is 17.0 Å². The number of pyridine rings is 1. The van der Waals surface area contributed by atoms with Gasteiger partial charge in [-0.25, -0.2) is 4.98 Å². The largest absolute Gasteiger partial charge is 0.339 e. The molecule has 1 aliphatic heterocycles. The number of piperidine rings is 1. The van der Waals surface area contributed by atoms with Crippen molar-refractivity contribution in [2.45, 2.75) is 65.3 Å². The summed E-state index contributed by atoms with van der Waals surface area (Å²) in [7, 11) is 0. The highest BCUT2D eigenvalue weighted by molar-refractivity contribution is 6.06. The minimum Gasteiger partial charge on any atom is -0.339 e. The first-order chi connectivity index (χ1) is 13.5. The lowest BCUT2D eigenvalue weighted by molar-refractivity contribution is 0.0598. The number of likely N-dealkylation sites (tertiary alicyclic amines) is 1. The normalized spacial score (nSPS) is 17.6. The van der Waals surface area contributed by atoms with Crippen LogP contribution in [0.3, 0.4) is 0 Å². The quantitative estimate of drug-likeness (QED) is 0.672. The van der Waals surface area contributed by atoms with Crippen LogP contribution in [0.25, 0.3) is 11.1 Å². The molecule has 3 aromatic heterocycles. The van der Waals surface area contributed by atoms with Crippen LogP contribution in [0.15, 0.2) is 15.1 Å². The average molecular weight is 383 g/mol. The molecule has 0 N–H and O–H groups in total. The summed E-state index contributed by atoms with van der Waals surface area (Å²) >= 11 is 0. The van der Waals surface area contributed by atoms with Crippen LogP contribution in [0.2, 0.25) is 0 Å². The third-order valence-electron chi connectivity index (χ3n) is 5.31. The van der Waals surface area contributed by atoms with Gasteiger partial charge in [-0.2, -0.15) is 4.98 Å². The molecule has 8 nitrogen and oxygen atoms in total. The first-order valence-corrected chi connectivity index (χ1v) is 9.90. The van der Waals surface area contributed by atoms with Gasteiger partial charge in [0.25, 0.3) is 11.6 Å². The summed E-state index contributed by atoms with van der Waals surface area (Å²) in [5, 5.41) is 8.84. The van der Waals surface area contributed by atoms with E-state index in [1.54, 1.807) is 0 Å². The van der Waals surface area contributed by atoms with E-state index in [1.807, 2.05) is 38.7 Å². The fourth-order valence-electron chi connectivity index (χ4n) is 3.72. The van der Waals surface area contributed by atoms with E-state index in [2.05, 4.69) is 20.3 Å². The van der Waals surface area contributed by atoms with Crippen molar-refractivity contribution in [3.63, 3.8) is 0 Å². The SMILES string of the molecule is CCc1nc(C2CCCCN2C(=O)c2cc(C(C)C)nc3onc(C)c23)no1. The molecule has 1 amide bonds. The Morgan fingerprint density at radius 3 is 2.79 bits per heavy atom. The van der Waals surface area contributed by atoms with Crippen molar-refractivity contribution in [3.05, 3.63) is 34.7 Å². The zero-order chi connectivity index (χ0) is 19.8. The molecule has 0 aromatic carbocycles. The van der Waals surface area contributed by atoms with E-state index in [-0.39, 0.29) is 17.9 Å². The predicted molar refractivity (Wildman–Crippen MR) is 102 cm³/mol. The van der Waals surface area contributed by atoms with E-state index in [0.29, 0.717) is 47.0 Å². The van der Waals surface area contributed by atoms with Crippen molar-refractivity contribution in [3.8, 4) is 0 Å². The van der Waals surface area contributed by atoms with Gasteiger partial charge in [0.1, 0.15) is 0 Å². The maximum Gasteiger partial charge on any atom is 0.259 e. The van der Waals surface area contributed by atoms with Crippen LogP contribution in [0.1, 0.15) is 85.5 Å². The fraction of sp³-hybridized carbons (Fsp3) is 0.550. The van der Waals surface area contributed by atoms with Crippen LogP contribution in [0.4, 0.5) is 0 Å². The minimum atomic E-state index is -0.184. The highest BCUT2D eigenvalue weighted by Gasteiger charge is 2.34. The summed E-state index contributed by atoms with van der Waals surface area (Å²) in [6, 6.07) is 1.69. The van der Waals surface area contributed by atoms with E-state index >= 15 is 0 Å². The fourth-order valence-corrected chi connectivity index (χ4v) is 3.72. The number of hydrogen-bond acceptors (Lipinski definition) is 7. The molecule has 0 saturated carbocycles. The molecule has 1 saturated heterocycles. The third-order valence-corrected chi connectivity index (χ3v) is 5.31. The molecular weight excluding hydrogens is 358 g/mol. The van der Waals surface area contributed by atoms with Crippen LogP contribution in [0, 0.1) is 6.92 Å². The van der Waals surface area contributed by atoms with E-state index in [4.69, 9.17) is 9.05 Å². The lowest BCUT2D eigenvalue weighted by Gasteiger charge is -2.34. The van der Waals surface area contributed by atoms with Crippen molar-refractivity contribution < 1.29 is 13.8 Å². The van der Waals surface area contributed by atoms with E-state index < -0.39 is 0 Å². The number of fused-ring (bicyclic) bond motifs is 1. The maximum absolute atomic E-state index is 13.6. The summed E-state index contributed by atoms with van der Waals surface area (Å²) in [6.45, 7) is 8.54. The Morgan fingerprint density at radius 1 is 1.25 bits per heavy atom. The number of rotatable bonds is 4. The Labute approximate surface area is 163 Å². The van der Waals surface area contributed by atoms with Gasteiger partial charge in [0.05, 0.1) is 22.7 Å². The average Bonchev–Trinajstić information content (AvgIpc) is 3.33. The van der Waals surface area contributed by atoms with Crippen LogP contribution in [-0.2, 0) is 6.42 Å². The Kier molecular flexibility index (Phi) is 4.87. The Balaban J connectivity index is 1.77. The molecule has 4 rings (SSSR count). The predicted octanol–water partition coefficient (Wildman–Crippen LogP) is 3.97. The molecule has 0 radical (unpaired) electrons. The monoisotopic (exact) mass is 383 g/mol. The van der Waals surface area contributed by atoms with Gasteiger partial charge < -0.3 is 13.9 Å². The molecule has 1 atom stereocenters. The lowest BCUT2D eigenvalue weighted by atomic mass is 9.98. The smallest absolute Gasteiger partial charge is 0.259 e. The van der Waals surface area contributed by atoms with Crippen LogP contribution in [-0.4, -0.2) is 37.6 Å². The van der Waals surface area contributed by atoms with Gasteiger partial charge in [0, 0.05) is 18.7 Å². The number of amides is 1. The number of carbonyl (C=O) groups excluding carboxylic acids is 1. The molecule has 0 spiro atoms. The van der Waals surface area contributed by atoms with Crippen molar-refractivity contribution in [2.75, 3.05) is 6.54 Å². The third kappa shape index (κ3) is 3.16. The summed E-state index contributed by atoms with van der Waals surface area (Å²) < 4.78 is 10.7. The molecule has 0 aliphatic carbocycles. The molecule has 148 valence electrons. The highest BCUT2D eigenvalue weighted by Crippen LogP contribution is 2.33. The van der Waals surface area contributed by atoms with Crippen molar-refractivity contribution in [1.82, 2.24) is 25.2 Å². The van der Waals surface area contributed by atoms with Crippen LogP contribution < -0.4 is 0 Å². The lowest BCUT2D eigenvalue weighted by Crippen LogP contribution is -2.39. The Hall–Kier alpha value is -2.77. The second-order valence-electron chi connectivity index (χ2n) is 7.61. The molecule has 1 aliphatic rings. The molecule has 1 unspecified atom stereocenters. The highest BCUT2D eigenvalue weighted by atomic mass is 16.5. The van der Waals surface area contributed by atoms with Gasteiger partial charge >= 0.3 is 0 Å². The van der Waals surface area contributed by atoms with Gasteiger partial charge in [0.2, 0.25) is 5.89 Å². The van der Waals surface area contributed by atoms with E-state index in [1.165, 1.54) is 0 Å². The molecule has 0 bridgehead atoms. The van der Waals surface area contributed by atoms with Gasteiger partial charge in [-0.05, 0) is 38.2 Å². The van der Waals surface area contributed by atoms with Gasteiger partial charge in [0.15, 0.2) is 5.82 Å². The molecular formula is C20H25N5O3. The van der Waals surface area contributed by atoms with Crippen LogP contribution >= 0.6 is 0 Å². The topological polar surface area (TPSA) is 98.2 Å². The van der Waals surface area contributed by atoms with E-state index in [9.17, 15) is 4.79 Å². The standard InChI is InChI=1S/C20H25N5O3/c1-5-16-22-18(24-27-16)15-8-6-7-9-25(15)20(26)13-10-14(11(2)3)21-19-17(13)12(4)23-28-19/h10-11,15H,5-9H2,1-4H3. The first-order valence-electron chi connectivity index (χ1n) is 9.90. The molecule has 28 heavy (non-hydrogen) atoms. The molecule has 3 aromatic rings. The summed E-state index contributed by atoms with van der Waals surface area (Å²) in [5.74, 6) is 1.29. The summed E-state index contributed by atoms with van der Waals surface area (Å²) in [5.41, 5.74) is 2.47. The second-order valence-corrected chi connectivity index (χ2v) is 7.61. The molecule has 8 heteroatoms.